The second-order valence-electron chi connectivity index (χ2n) is 7.56. The number of carboxylic acids is 1. The van der Waals surface area contributed by atoms with Gasteiger partial charge in [-0.15, -0.1) is 0 Å². The molecule has 138 valence electrons. The molecule has 4 rings (SSSR count). The van der Waals surface area contributed by atoms with Crippen LogP contribution in [0.4, 0.5) is 0 Å². The molecule has 1 aliphatic carbocycles. The SMILES string of the molecule is O=C(O)c1ccccc1CN1CCC(Cc2nc(C3CCC3)no2)CC1. The lowest BCUT2D eigenvalue weighted by molar-refractivity contribution is 0.0693. The molecule has 2 heterocycles. The summed E-state index contributed by atoms with van der Waals surface area (Å²) in [6.07, 6.45) is 6.67. The van der Waals surface area contributed by atoms with Crippen molar-refractivity contribution in [2.75, 3.05) is 13.1 Å². The van der Waals surface area contributed by atoms with E-state index in [-0.39, 0.29) is 0 Å². The van der Waals surface area contributed by atoms with Crippen molar-refractivity contribution in [1.82, 2.24) is 15.0 Å². The summed E-state index contributed by atoms with van der Waals surface area (Å²) >= 11 is 0. The summed E-state index contributed by atoms with van der Waals surface area (Å²) in [6.45, 7) is 2.64. The van der Waals surface area contributed by atoms with Crippen LogP contribution in [0.2, 0.25) is 0 Å². The predicted molar refractivity (Wildman–Crippen MR) is 96.0 cm³/mol. The number of benzene rings is 1. The summed E-state index contributed by atoms with van der Waals surface area (Å²) in [6, 6.07) is 7.28. The standard InChI is InChI=1S/C20H25N3O3/c24-20(25)17-7-2-1-4-16(17)13-23-10-8-14(9-11-23)12-18-21-19(22-26-18)15-5-3-6-15/h1-2,4,7,14-15H,3,5-6,8-13H2,(H,24,25). The number of piperidine rings is 1. The Labute approximate surface area is 153 Å². The Morgan fingerprint density at radius 2 is 1.96 bits per heavy atom. The minimum absolute atomic E-state index is 0.406. The van der Waals surface area contributed by atoms with Crippen LogP contribution >= 0.6 is 0 Å². The van der Waals surface area contributed by atoms with Crippen molar-refractivity contribution in [3.05, 3.63) is 47.1 Å². The molecule has 6 heteroatoms. The van der Waals surface area contributed by atoms with E-state index in [4.69, 9.17) is 4.52 Å². The quantitative estimate of drug-likeness (QED) is 0.854. The first kappa shape index (κ1) is 17.2. The van der Waals surface area contributed by atoms with E-state index >= 15 is 0 Å². The normalized spacial score (nSPS) is 19.4. The van der Waals surface area contributed by atoms with Crippen molar-refractivity contribution >= 4 is 5.97 Å². The molecular formula is C20H25N3O3. The van der Waals surface area contributed by atoms with Crippen LogP contribution in [0.1, 0.15) is 65.7 Å². The fraction of sp³-hybridized carbons (Fsp3) is 0.550. The Morgan fingerprint density at radius 1 is 1.19 bits per heavy atom. The Bertz CT molecular complexity index is 761. The number of aromatic nitrogens is 2. The molecule has 0 radical (unpaired) electrons. The lowest BCUT2D eigenvalue weighted by Crippen LogP contribution is -2.34. The molecule has 0 amide bonds. The molecule has 0 atom stereocenters. The molecule has 1 aliphatic heterocycles. The lowest BCUT2D eigenvalue weighted by Gasteiger charge is -2.31. The summed E-state index contributed by atoms with van der Waals surface area (Å²) in [7, 11) is 0. The van der Waals surface area contributed by atoms with Gasteiger partial charge in [0.2, 0.25) is 5.89 Å². The Balaban J connectivity index is 1.29. The van der Waals surface area contributed by atoms with E-state index in [2.05, 4.69) is 15.0 Å². The van der Waals surface area contributed by atoms with E-state index in [1.54, 1.807) is 12.1 Å². The number of nitrogens with zero attached hydrogens (tertiary/aromatic N) is 3. The first-order valence-electron chi connectivity index (χ1n) is 9.55. The van der Waals surface area contributed by atoms with Crippen LogP contribution in [0, 0.1) is 5.92 Å². The molecule has 6 nitrogen and oxygen atoms in total. The first-order valence-corrected chi connectivity index (χ1v) is 9.55. The third kappa shape index (κ3) is 3.80. The first-order chi connectivity index (χ1) is 12.7. The summed E-state index contributed by atoms with van der Waals surface area (Å²) in [5, 5.41) is 13.5. The van der Waals surface area contributed by atoms with Crippen LogP contribution < -0.4 is 0 Å². The van der Waals surface area contributed by atoms with Crippen LogP contribution in [0.25, 0.3) is 0 Å². The number of likely N-dealkylation sites (tertiary alicyclic amines) is 1. The Hall–Kier alpha value is -2.21. The van der Waals surface area contributed by atoms with E-state index in [1.165, 1.54) is 19.3 Å². The molecule has 2 fully saturated rings. The summed E-state index contributed by atoms with van der Waals surface area (Å²) < 4.78 is 5.45. The fourth-order valence-electron chi connectivity index (χ4n) is 3.89. The predicted octanol–water partition coefficient (Wildman–Crippen LogP) is 3.49. The van der Waals surface area contributed by atoms with Crippen LogP contribution in [0.15, 0.2) is 28.8 Å². The van der Waals surface area contributed by atoms with Gasteiger partial charge in [-0.1, -0.05) is 29.8 Å². The smallest absolute Gasteiger partial charge is 0.336 e. The monoisotopic (exact) mass is 355 g/mol. The van der Waals surface area contributed by atoms with Crippen LogP contribution in [-0.2, 0) is 13.0 Å². The summed E-state index contributed by atoms with van der Waals surface area (Å²) in [5.74, 6) is 1.91. The zero-order valence-corrected chi connectivity index (χ0v) is 14.9. The van der Waals surface area contributed by atoms with Crippen LogP contribution in [-0.4, -0.2) is 39.2 Å². The van der Waals surface area contributed by atoms with Crippen molar-refractivity contribution < 1.29 is 14.4 Å². The lowest BCUT2D eigenvalue weighted by atomic mass is 9.85. The highest BCUT2D eigenvalue weighted by Gasteiger charge is 2.26. The number of carboxylic acid groups (broad SMARTS) is 1. The number of rotatable bonds is 6. The topological polar surface area (TPSA) is 79.5 Å². The van der Waals surface area contributed by atoms with Crippen molar-refractivity contribution in [3.63, 3.8) is 0 Å². The van der Waals surface area contributed by atoms with Gasteiger partial charge in [-0.2, -0.15) is 4.98 Å². The Morgan fingerprint density at radius 3 is 2.65 bits per heavy atom. The van der Waals surface area contributed by atoms with Gasteiger partial charge in [0.25, 0.3) is 0 Å². The van der Waals surface area contributed by atoms with E-state index in [1.807, 2.05) is 12.1 Å². The molecule has 26 heavy (non-hydrogen) atoms. The van der Waals surface area contributed by atoms with Crippen molar-refractivity contribution in [2.45, 2.75) is 51.0 Å². The van der Waals surface area contributed by atoms with Gasteiger partial charge < -0.3 is 9.63 Å². The van der Waals surface area contributed by atoms with Crippen LogP contribution in [0.3, 0.4) is 0 Å². The largest absolute Gasteiger partial charge is 0.478 e. The third-order valence-corrected chi connectivity index (χ3v) is 5.77. The Kier molecular flexibility index (Phi) is 5.02. The van der Waals surface area contributed by atoms with Gasteiger partial charge in [0.15, 0.2) is 5.82 Å². The third-order valence-electron chi connectivity index (χ3n) is 5.77. The maximum Gasteiger partial charge on any atom is 0.336 e. The maximum atomic E-state index is 11.4. The number of aromatic carboxylic acids is 1. The number of carbonyl (C=O) groups is 1. The van der Waals surface area contributed by atoms with Gasteiger partial charge in [0.05, 0.1) is 5.56 Å². The highest BCUT2D eigenvalue weighted by Crippen LogP contribution is 2.34. The van der Waals surface area contributed by atoms with E-state index in [0.29, 0.717) is 23.9 Å². The fourth-order valence-corrected chi connectivity index (χ4v) is 3.89. The molecule has 1 saturated heterocycles. The molecule has 0 bridgehead atoms. The second kappa shape index (κ2) is 7.58. The molecule has 1 aromatic carbocycles. The van der Waals surface area contributed by atoms with Gasteiger partial charge >= 0.3 is 5.97 Å². The van der Waals surface area contributed by atoms with E-state index in [0.717, 1.165) is 49.6 Å². The van der Waals surface area contributed by atoms with Gasteiger partial charge in [0, 0.05) is 18.9 Å². The number of hydrogen-bond donors (Lipinski definition) is 1. The van der Waals surface area contributed by atoms with Crippen molar-refractivity contribution in [3.8, 4) is 0 Å². The molecule has 1 saturated carbocycles. The summed E-state index contributed by atoms with van der Waals surface area (Å²) in [4.78, 5) is 18.3. The van der Waals surface area contributed by atoms with Gasteiger partial charge in [0.1, 0.15) is 0 Å². The zero-order valence-electron chi connectivity index (χ0n) is 14.9. The molecular weight excluding hydrogens is 330 g/mol. The van der Waals surface area contributed by atoms with Crippen molar-refractivity contribution in [1.29, 1.82) is 0 Å². The minimum atomic E-state index is -0.853. The van der Waals surface area contributed by atoms with E-state index < -0.39 is 5.97 Å². The average molecular weight is 355 g/mol. The van der Waals surface area contributed by atoms with Gasteiger partial charge in [-0.05, 0) is 56.3 Å². The number of hydrogen-bond acceptors (Lipinski definition) is 5. The molecule has 0 unspecified atom stereocenters. The maximum absolute atomic E-state index is 11.4. The van der Waals surface area contributed by atoms with Crippen LogP contribution in [0.5, 0.6) is 0 Å². The van der Waals surface area contributed by atoms with Gasteiger partial charge in [-0.3, -0.25) is 4.90 Å². The molecule has 2 aromatic rings. The highest BCUT2D eigenvalue weighted by molar-refractivity contribution is 5.89. The molecule has 0 spiro atoms. The van der Waals surface area contributed by atoms with Crippen molar-refractivity contribution in [2.24, 2.45) is 5.92 Å². The van der Waals surface area contributed by atoms with E-state index in [9.17, 15) is 9.90 Å². The zero-order chi connectivity index (χ0) is 17.9. The highest BCUT2D eigenvalue weighted by atomic mass is 16.5. The molecule has 1 N–H and O–H groups in total. The summed E-state index contributed by atoms with van der Waals surface area (Å²) in [5.41, 5.74) is 1.30. The molecule has 1 aromatic heterocycles. The molecule has 2 aliphatic rings. The second-order valence-corrected chi connectivity index (χ2v) is 7.56. The average Bonchev–Trinajstić information content (AvgIpc) is 3.03. The minimum Gasteiger partial charge on any atom is -0.478 e. The van der Waals surface area contributed by atoms with Gasteiger partial charge in [-0.25, -0.2) is 4.79 Å².